The lowest BCUT2D eigenvalue weighted by Crippen LogP contribution is -2.20. The molecule has 3 rings (SSSR count). The molecule has 0 atom stereocenters. The van der Waals surface area contributed by atoms with Crippen LogP contribution in [0.3, 0.4) is 0 Å². The quantitative estimate of drug-likeness (QED) is 0.897. The van der Waals surface area contributed by atoms with Crippen LogP contribution in [-0.2, 0) is 12.8 Å². The number of aromatic nitrogens is 1. The second-order valence-electron chi connectivity index (χ2n) is 4.62. The fraction of sp³-hybridized carbons (Fsp3) is 0.214. The Bertz CT molecular complexity index is 558. The minimum atomic E-state index is 0.412. The number of benzene rings is 1. The number of hydrogen-bond donors (Lipinski definition) is 2. The van der Waals surface area contributed by atoms with E-state index in [1.54, 1.807) is 6.20 Å². The molecule has 1 aliphatic carbocycles. The lowest BCUT2D eigenvalue weighted by atomic mass is 10.1. The lowest BCUT2D eigenvalue weighted by Gasteiger charge is -2.14. The predicted molar refractivity (Wildman–Crippen MR) is 77.6 cm³/mol. The molecule has 0 fully saturated rings. The SMILES string of the molecule is Nc1cnc(NC2Cc3ccccc3C2)c(Br)c1. The largest absolute Gasteiger partial charge is 0.397 e. The van der Waals surface area contributed by atoms with E-state index in [1.165, 1.54) is 11.1 Å². The van der Waals surface area contributed by atoms with Gasteiger partial charge in [-0.2, -0.15) is 0 Å². The third-order valence-corrected chi connectivity index (χ3v) is 3.86. The van der Waals surface area contributed by atoms with Crippen molar-refractivity contribution in [2.75, 3.05) is 11.1 Å². The first-order valence-corrected chi connectivity index (χ1v) is 6.76. The molecule has 18 heavy (non-hydrogen) atoms. The molecule has 3 N–H and O–H groups in total. The molecule has 1 aliphatic rings. The minimum absolute atomic E-state index is 0.412. The first-order valence-electron chi connectivity index (χ1n) is 5.97. The second kappa shape index (κ2) is 4.61. The van der Waals surface area contributed by atoms with Crippen LogP contribution in [0.2, 0.25) is 0 Å². The number of fused-ring (bicyclic) bond motifs is 1. The van der Waals surface area contributed by atoms with Crippen molar-refractivity contribution in [3.63, 3.8) is 0 Å². The Labute approximate surface area is 115 Å². The Balaban J connectivity index is 1.76. The Hall–Kier alpha value is -1.55. The summed E-state index contributed by atoms with van der Waals surface area (Å²) < 4.78 is 0.915. The Morgan fingerprint density at radius 2 is 1.89 bits per heavy atom. The average molecular weight is 304 g/mol. The van der Waals surface area contributed by atoms with Crippen molar-refractivity contribution in [1.29, 1.82) is 0 Å². The number of anilines is 2. The van der Waals surface area contributed by atoms with Crippen molar-refractivity contribution in [2.24, 2.45) is 0 Å². The van der Waals surface area contributed by atoms with E-state index in [1.807, 2.05) is 6.07 Å². The number of halogens is 1. The van der Waals surface area contributed by atoms with Crippen LogP contribution in [0.25, 0.3) is 0 Å². The predicted octanol–water partition coefficient (Wildman–Crippen LogP) is 3.01. The van der Waals surface area contributed by atoms with Gasteiger partial charge in [0.15, 0.2) is 0 Å². The Morgan fingerprint density at radius 3 is 2.50 bits per heavy atom. The molecular weight excluding hydrogens is 290 g/mol. The van der Waals surface area contributed by atoms with E-state index in [0.29, 0.717) is 11.7 Å². The summed E-state index contributed by atoms with van der Waals surface area (Å²) in [7, 11) is 0. The number of nitrogen functional groups attached to an aromatic ring is 1. The van der Waals surface area contributed by atoms with Gasteiger partial charge in [-0.25, -0.2) is 4.98 Å². The first-order chi connectivity index (χ1) is 8.72. The fourth-order valence-corrected chi connectivity index (χ4v) is 2.89. The highest BCUT2D eigenvalue weighted by Gasteiger charge is 2.21. The molecule has 0 aliphatic heterocycles. The van der Waals surface area contributed by atoms with Crippen LogP contribution in [0.15, 0.2) is 41.0 Å². The van der Waals surface area contributed by atoms with E-state index < -0.39 is 0 Å². The summed E-state index contributed by atoms with van der Waals surface area (Å²) >= 11 is 3.48. The van der Waals surface area contributed by atoms with Gasteiger partial charge in [-0.1, -0.05) is 24.3 Å². The summed E-state index contributed by atoms with van der Waals surface area (Å²) in [6.07, 6.45) is 3.78. The average Bonchev–Trinajstić information content (AvgIpc) is 2.75. The van der Waals surface area contributed by atoms with Gasteiger partial charge in [0.05, 0.1) is 16.4 Å². The molecule has 92 valence electrons. The lowest BCUT2D eigenvalue weighted by molar-refractivity contribution is 0.768. The summed E-state index contributed by atoms with van der Waals surface area (Å²) in [6, 6.07) is 10.9. The molecule has 0 bridgehead atoms. The molecule has 0 radical (unpaired) electrons. The summed E-state index contributed by atoms with van der Waals surface area (Å²) in [5, 5.41) is 3.47. The van der Waals surface area contributed by atoms with Gasteiger partial charge in [-0.15, -0.1) is 0 Å². The van der Waals surface area contributed by atoms with Crippen LogP contribution in [0.4, 0.5) is 11.5 Å². The van der Waals surface area contributed by atoms with Crippen LogP contribution >= 0.6 is 15.9 Å². The summed E-state index contributed by atoms with van der Waals surface area (Å²) in [4.78, 5) is 4.32. The highest BCUT2D eigenvalue weighted by Crippen LogP contribution is 2.27. The molecule has 0 saturated heterocycles. The third kappa shape index (κ3) is 2.20. The van der Waals surface area contributed by atoms with Crippen LogP contribution < -0.4 is 11.1 Å². The Kier molecular flexibility index (Phi) is 2.96. The maximum atomic E-state index is 5.68. The van der Waals surface area contributed by atoms with E-state index in [-0.39, 0.29) is 0 Å². The maximum Gasteiger partial charge on any atom is 0.140 e. The highest BCUT2D eigenvalue weighted by atomic mass is 79.9. The van der Waals surface area contributed by atoms with Crippen LogP contribution in [-0.4, -0.2) is 11.0 Å². The standard InChI is InChI=1S/C14H14BrN3/c15-13-7-11(16)8-17-14(13)18-12-5-9-3-1-2-4-10(9)6-12/h1-4,7-8,12H,5-6,16H2,(H,17,18). The van der Waals surface area contributed by atoms with Crippen LogP contribution in [0.1, 0.15) is 11.1 Å². The molecule has 2 aromatic rings. The molecular formula is C14H14BrN3. The van der Waals surface area contributed by atoms with Gasteiger partial charge in [-0.3, -0.25) is 0 Å². The van der Waals surface area contributed by atoms with Gasteiger partial charge in [0.2, 0.25) is 0 Å². The molecule has 1 aromatic heterocycles. The van der Waals surface area contributed by atoms with Crippen molar-refractivity contribution >= 4 is 27.4 Å². The number of nitrogens with zero attached hydrogens (tertiary/aromatic N) is 1. The molecule has 1 aromatic carbocycles. The number of hydrogen-bond acceptors (Lipinski definition) is 3. The topological polar surface area (TPSA) is 50.9 Å². The van der Waals surface area contributed by atoms with Gasteiger partial charge in [0.1, 0.15) is 5.82 Å². The van der Waals surface area contributed by atoms with E-state index in [0.717, 1.165) is 23.1 Å². The number of nitrogens with two attached hydrogens (primary N) is 1. The van der Waals surface area contributed by atoms with E-state index in [4.69, 9.17) is 5.73 Å². The van der Waals surface area contributed by atoms with Crippen LogP contribution in [0, 0.1) is 0 Å². The van der Waals surface area contributed by atoms with Crippen molar-refractivity contribution in [3.05, 3.63) is 52.1 Å². The van der Waals surface area contributed by atoms with E-state index >= 15 is 0 Å². The van der Waals surface area contributed by atoms with Gasteiger partial charge >= 0.3 is 0 Å². The van der Waals surface area contributed by atoms with Crippen molar-refractivity contribution in [3.8, 4) is 0 Å². The smallest absolute Gasteiger partial charge is 0.140 e. The normalized spacial score (nSPS) is 14.5. The zero-order valence-corrected chi connectivity index (χ0v) is 11.4. The van der Waals surface area contributed by atoms with E-state index in [2.05, 4.69) is 50.5 Å². The van der Waals surface area contributed by atoms with Gasteiger partial charge in [0.25, 0.3) is 0 Å². The number of nitrogens with one attached hydrogen (secondary N) is 1. The highest BCUT2D eigenvalue weighted by molar-refractivity contribution is 9.10. The molecule has 1 heterocycles. The number of rotatable bonds is 2. The summed E-state index contributed by atoms with van der Waals surface area (Å²) in [6.45, 7) is 0. The molecule has 0 amide bonds. The summed E-state index contributed by atoms with van der Waals surface area (Å²) in [5.74, 6) is 0.863. The second-order valence-corrected chi connectivity index (χ2v) is 5.47. The molecule has 0 spiro atoms. The number of pyridine rings is 1. The Morgan fingerprint density at radius 1 is 1.22 bits per heavy atom. The van der Waals surface area contributed by atoms with Crippen LogP contribution in [0.5, 0.6) is 0 Å². The zero-order chi connectivity index (χ0) is 12.5. The monoisotopic (exact) mass is 303 g/mol. The maximum absolute atomic E-state index is 5.68. The molecule has 0 unspecified atom stereocenters. The first kappa shape index (κ1) is 11.5. The third-order valence-electron chi connectivity index (χ3n) is 3.25. The summed E-state index contributed by atoms with van der Waals surface area (Å²) in [5.41, 5.74) is 9.22. The van der Waals surface area contributed by atoms with Crippen molar-refractivity contribution in [2.45, 2.75) is 18.9 Å². The van der Waals surface area contributed by atoms with Gasteiger partial charge < -0.3 is 11.1 Å². The molecule has 4 heteroatoms. The minimum Gasteiger partial charge on any atom is -0.397 e. The van der Waals surface area contributed by atoms with Crippen molar-refractivity contribution in [1.82, 2.24) is 4.98 Å². The van der Waals surface area contributed by atoms with Gasteiger partial charge in [-0.05, 0) is 46.0 Å². The fourth-order valence-electron chi connectivity index (χ4n) is 2.41. The molecule has 3 nitrogen and oxygen atoms in total. The zero-order valence-electron chi connectivity index (χ0n) is 9.86. The molecule has 0 saturated carbocycles. The van der Waals surface area contributed by atoms with E-state index in [9.17, 15) is 0 Å². The van der Waals surface area contributed by atoms with Gasteiger partial charge in [0, 0.05) is 6.04 Å². The van der Waals surface area contributed by atoms with Crippen molar-refractivity contribution < 1.29 is 0 Å².